The van der Waals surface area contributed by atoms with E-state index in [0.717, 1.165) is 24.1 Å². The van der Waals surface area contributed by atoms with Gasteiger partial charge in [0.2, 0.25) is 5.78 Å². The van der Waals surface area contributed by atoms with Crippen LogP contribution in [0.1, 0.15) is 42.9 Å². The zero-order chi connectivity index (χ0) is 28.8. The Bertz CT molecular complexity index is 1370. The molecule has 5 rings (SSSR count). The van der Waals surface area contributed by atoms with Crippen LogP contribution in [0.4, 0.5) is 5.69 Å². The fourth-order valence-corrected chi connectivity index (χ4v) is 6.73. The number of Topliss-reactive ketones (excluding diaryl/α,β-unsaturated/α-hetero) is 2. The van der Waals surface area contributed by atoms with Crippen LogP contribution in [0.5, 0.6) is 5.75 Å². The number of benzene rings is 1. The van der Waals surface area contributed by atoms with Crippen LogP contribution in [0.2, 0.25) is 0 Å². The Morgan fingerprint density at radius 3 is 2.33 bits per heavy atom. The Balaban J connectivity index is 1.69. The Morgan fingerprint density at radius 2 is 1.79 bits per heavy atom. The number of aliphatic hydroxyl groups excluding tert-OH is 2. The molecule has 210 valence electrons. The number of fused-ring (bicyclic) bond motifs is 3. The van der Waals surface area contributed by atoms with Crippen molar-refractivity contribution in [2.75, 3.05) is 33.1 Å². The third kappa shape index (κ3) is 3.86. The zero-order valence-electron chi connectivity index (χ0n) is 22.8. The van der Waals surface area contributed by atoms with E-state index in [9.17, 15) is 34.8 Å². The molecule has 2 fully saturated rings. The molecule has 0 bridgehead atoms. The first-order valence-corrected chi connectivity index (χ1v) is 13.1. The van der Waals surface area contributed by atoms with Gasteiger partial charge in [-0.2, -0.15) is 0 Å². The number of phenolic OH excluding ortho intramolecular Hbond substituents is 1. The van der Waals surface area contributed by atoms with Gasteiger partial charge in [-0.05, 0) is 69.8 Å². The highest BCUT2D eigenvalue weighted by molar-refractivity contribution is 6.24. The third-order valence-electron chi connectivity index (χ3n) is 8.92. The smallest absolute Gasteiger partial charge is 0.255 e. The first-order chi connectivity index (χ1) is 18.1. The van der Waals surface area contributed by atoms with Crippen LogP contribution < -0.4 is 16.0 Å². The molecule has 4 atom stereocenters. The van der Waals surface area contributed by atoms with E-state index in [1.807, 2.05) is 19.0 Å². The normalized spacial score (nSPS) is 29.3. The van der Waals surface area contributed by atoms with Gasteiger partial charge in [0.15, 0.2) is 11.4 Å². The van der Waals surface area contributed by atoms with Crippen molar-refractivity contribution >= 4 is 28.9 Å². The van der Waals surface area contributed by atoms with Gasteiger partial charge in [-0.15, -0.1) is 0 Å². The van der Waals surface area contributed by atoms with Crippen molar-refractivity contribution in [3.05, 3.63) is 39.7 Å². The maximum Gasteiger partial charge on any atom is 0.255 e. The van der Waals surface area contributed by atoms with E-state index >= 15 is 0 Å². The topological polar surface area (TPSA) is 177 Å². The summed E-state index contributed by atoms with van der Waals surface area (Å²) in [5, 5.41) is 48.7. The number of phenols is 1. The molecule has 0 aliphatic heterocycles. The summed E-state index contributed by atoms with van der Waals surface area (Å²) in [7, 11) is 6.89. The number of aromatic hydroxyl groups is 1. The van der Waals surface area contributed by atoms with Crippen molar-refractivity contribution in [1.29, 1.82) is 0 Å². The summed E-state index contributed by atoms with van der Waals surface area (Å²) in [5.41, 5.74) is 4.20. The first-order valence-electron chi connectivity index (χ1n) is 13.1. The number of primary amides is 1. The Kier molecular flexibility index (Phi) is 6.13. The predicted molar refractivity (Wildman–Crippen MR) is 143 cm³/mol. The molecule has 0 radical (unpaired) electrons. The third-order valence-corrected chi connectivity index (χ3v) is 8.92. The molecule has 7 N–H and O–H groups in total. The lowest BCUT2D eigenvalue weighted by atomic mass is 9.57. The van der Waals surface area contributed by atoms with Gasteiger partial charge in [-0.25, -0.2) is 0 Å². The lowest BCUT2D eigenvalue weighted by molar-refractivity contribution is -0.153. The van der Waals surface area contributed by atoms with Crippen molar-refractivity contribution in [2.45, 2.75) is 56.3 Å². The van der Waals surface area contributed by atoms with Crippen molar-refractivity contribution in [3.63, 3.8) is 0 Å². The zero-order valence-corrected chi connectivity index (χ0v) is 22.8. The number of carbonyl (C=O) groups is 3. The quantitative estimate of drug-likeness (QED) is 0.281. The second-order valence-corrected chi connectivity index (χ2v) is 12.0. The number of nitrogens with two attached hydrogens (primary N) is 1. The summed E-state index contributed by atoms with van der Waals surface area (Å²) in [6, 6.07) is 0.456. The average molecular weight is 541 g/mol. The van der Waals surface area contributed by atoms with Gasteiger partial charge < -0.3 is 36.4 Å². The molecule has 1 aromatic rings. The van der Waals surface area contributed by atoms with Crippen LogP contribution in [0.3, 0.4) is 0 Å². The molecule has 4 aliphatic rings. The summed E-state index contributed by atoms with van der Waals surface area (Å²) < 4.78 is 0. The molecule has 1 aromatic carbocycles. The molecule has 1 amide bonds. The van der Waals surface area contributed by atoms with E-state index < -0.39 is 58.0 Å². The second-order valence-electron chi connectivity index (χ2n) is 12.0. The van der Waals surface area contributed by atoms with E-state index in [2.05, 4.69) is 12.2 Å². The summed E-state index contributed by atoms with van der Waals surface area (Å²) >= 11 is 0. The molecule has 0 unspecified atom stereocenters. The Hall–Kier alpha value is -3.41. The van der Waals surface area contributed by atoms with Gasteiger partial charge in [0.1, 0.15) is 22.8 Å². The van der Waals surface area contributed by atoms with Gasteiger partial charge >= 0.3 is 0 Å². The molecule has 0 spiro atoms. The van der Waals surface area contributed by atoms with Gasteiger partial charge in [-0.1, -0.05) is 0 Å². The maximum atomic E-state index is 14.0. The van der Waals surface area contributed by atoms with Gasteiger partial charge in [0.05, 0.1) is 11.6 Å². The summed E-state index contributed by atoms with van der Waals surface area (Å²) in [6.07, 6.45) is 2.43. The molecule has 11 heteroatoms. The number of ketones is 2. The SMILES string of the molecule is CN(C)c1c(CNC2(C)CC2)cc(O)c2c1C[C@H]1C[C@H]3[C@H](N(C)C)C(=O)C(C(N)=O)=C(O)[C@@]3(O)C(=O)C1=C2O. The fraction of sp³-hybridized carbons (Fsp3) is 0.536. The van der Waals surface area contributed by atoms with Crippen LogP contribution in [-0.2, 0) is 27.3 Å². The highest BCUT2D eigenvalue weighted by Gasteiger charge is 2.64. The molecular weight excluding hydrogens is 504 g/mol. The number of aliphatic hydroxyl groups is 3. The van der Waals surface area contributed by atoms with Crippen molar-refractivity contribution in [2.24, 2.45) is 17.6 Å². The summed E-state index contributed by atoms with van der Waals surface area (Å²) in [4.78, 5) is 42.7. The van der Waals surface area contributed by atoms with E-state index in [1.165, 1.54) is 4.90 Å². The lowest BCUT2D eigenvalue weighted by Crippen LogP contribution is -2.65. The minimum atomic E-state index is -2.64. The molecule has 0 heterocycles. The Morgan fingerprint density at radius 1 is 1.15 bits per heavy atom. The lowest BCUT2D eigenvalue weighted by Gasteiger charge is -2.50. The maximum absolute atomic E-state index is 14.0. The van der Waals surface area contributed by atoms with Crippen LogP contribution in [0.25, 0.3) is 5.76 Å². The minimum absolute atomic E-state index is 0.0541. The second kappa shape index (κ2) is 8.80. The van der Waals surface area contributed by atoms with E-state index in [-0.39, 0.29) is 35.3 Å². The average Bonchev–Trinajstić information content (AvgIpc) is 3.56. The summed E-state index contributed by atoms with van der Waals surface area (Å²) in [5.74, 6) is -6.54. The largest absolute Gasteiger partial charge is 0.508 e. The van der Waals surface area contributed by atoms with Gasteiger partial charge in [-0.3, -0.25) is 19.3 Å². The van der Waals surface area contributed by atoms with Crippen LogP contribution in [0, 0.1) is 11.8 Å². The fourth-order valence-electron chi connectivity index (χ4n) is 6.73. The van der Waals surface area contributed by atoms with Crippen LogP contribution in [0.15, 0.2) is 23.0 Å². The minimum Gasteiger partial charge on any atom is -0.508 e. The van der Waals surface area contributed by atoms with Crippen molar-refractivity contribution in [3.8, 4) is 5.75 Å². The molecule has 11 nitrogen and oxygen atoms in total. The molecule has 2 saturated carbocycles. The van der Waals surface area contributed by atoms with Gasteiger partial charge in [0.25, 0.3) is 5.91 Å². The molecule has 39 heavy (non-hydrogen) atoms. The number of nitrogens with zero attached hydrogens (tertiary/aromatic N) is 2. The van der Waals surface area contributed by atoms with E-state index in [4.69, 9.17) is 5.73 Å². The number of hydrogen-bond donors (Lipinski definition) is 6. The highest BCUT2D eigenvalue weighted by atomic mass is 16.3. The van der Waals surface area contributed by atoms with Crippen molar-refractivity contribution in [1.82, 2.24) is 10.2 Å². The molecule has 4 aliphatic carbocycles. The monoisotopic (exact) mass is 540 g/mol. The molecule has 0 saturated heterocycles. The Labute approximate surface area is 226 Å². The van der Waals surface area contributed by atoms with Crippen molar-refractivity contribution < 1.29 is 34.8 Å². The van der Waals surface area contributed by atoms with Crippen LogP contribution >= 0.6 is 0 Å². The molecular formula is C28H36N4O7. The first kappa shape index (κ1) is 27.2. The van der Waals surface area contributed by atoms with E-state index in [1.54, 1.807) is 20.2 Å². The van der Waals surface area contributed by atoms with Gasteiger partial charge in [0, 0.05) is 43.4 Å². The predicted octanol–water partition coefficient (Wildman–Crippen LogP) is 0.672. The number of hydrogen-bond acceptors (Lipinski definition) is 10. The standard InChI is InChI=1S/C28H36N4O7/c1-27(6-7-27)30-11-13-10-16(33)18-14(20(13)31(2)3)8-12-9-15-21(32(4)5)23(35)19(26(29)38)25(37)28(15,39)24(36)17(12)22(18)34/h10,12,15,21,30,33-34,37,39H,6-9,11H2,1-5H3,(H2,29,38)/t12-,15-,21-,28-/m0/s1. The summed E-state index contributed by atoms with van der Waals surface area (Å²) in [6.45, 7) is 2.64. The number of nitrogens with one attached hydrogen (secondary N) is 1. The molecule has 0 aromatic heterocycles. The number of rotatable bonds is 6. The highest BCUT2D eigenvalue weighted by Crippen LogP contribution is 2.54. The number of likely N-dealkylation sites (N-methyl/N-ethyl adjacent to an activating group) is 1. The van der Waals surface area contributed by atoms with E-state index in [0.29, 0.717) is 12.1 Å². The number of anilines is 1. The van der Waals surface area contributed by atoms with Crippen LogP contribution in [-0.4, -0.2) is 88.2 Å². The number of carbonyl (C=O) groups excluding carboxylic acids is 3. The number of amides is 1.